The molecule has 1 saturated heterocycles. The third-order valence-electron chi connectivity index (χ3n) is 2.79. The van der Waals surface area contributed by atoms with E-state index in [0.29, 0.717) is 6.42 Å². The van der Waals surface area contributed by atoms with Crippen LogP contribution < -0.4 is 16.0 Å². The summed E-state index contributed by atoms with van der Waals surface area (Å²) >= 11 is 0. The van der Waals surface area contributed by atoms with Crippen molar-refractivity contribution in [2.45, 2.75) is 46.2 Å². The van der Waals surface area contributed by atoms with Gasteiger partial charge >= 0.3 is 12.1 Å². The van der Waals surface area contributed by atoms with E-state index in [4.69, 9.17) is 0 Å². The third-order valence-corrected chi connectivity index (χ3v) is 2.79. The maximum absolute atomic E-state index is 12.0. The predicted molar refractivity (Wildman–Crippen MR) is 75.3 cm³/mol. The van der Waals surface area contributed by atoms with Crippen LogP contribution in [0.2, 0.25) is 0 Å². The summed E-state index contributed by atoms with van der Waals surface area (Å²) in [6.45, 7) is 6.90. The Morgan fingerprint density at radius 3 is 2.38 bits per heavy atom. The van der Waals surface area contributed by atoms with Gasteiger partial charge in [0, 0.05) is 6.04 Å². The van der Waals surface area contributed by atoms with Crippen molar-refractivity contribution in [1.29, 1.82) is 0 Å². The van der Waals surface area contributed by atoms with Crippen LogP contribution in [0.1, 0.15) is 34.1 Å². The topological polar surface area (TPSA) is 108 Å². The molecule has 0 unspecified atom stereocenters. The van der Waals surface area contributed by atoms with Crippen LogP contribution in [0.3, 0.4) is 0 Å². The summed E-state index contributed by atoms with van der Waals surface area (Å²) < 4.78 is 0. The number of carbonyl (C=O) groups excluding carboxylic acids is 4. The number of nitrogens with zero attached hydrogens (tertiary/aromatic N) is 1. The summed E-state index contributed by atoms with van der Waals surface area (Å²) in [7, 11) is 0. The molecule has 0 radical (unpaired) electrons. The van der Waals surface area contributed by atoms with Crippen molar-refractivity contribution < 1.29 is 19.2 Å². The van der Waals surface area contributed by atoms with E-state index in [9.17, 15) is 19.2 Å². The Morgan fingerprint density at radius 1 is 1.24 bits per heavy atom. The minimum Gasteiger partial charge on any atom is -0.336 e. The third kappa shape index (κ3) is 5.05. The lowest BCUT2D eigenvalue weighted by Gasteiger charge is -2.14. The van der Waals surface area contributed by atoms with E-state index in [1.807, 2.05) is 13.8 Å². The molecular weight excluding hydrogens is 276 g/mol. The molecule has 0 aromatic heterocycles. The summed E-state index contributed by atoms with van der Waals surface area (Å²) in [5.41, 5.74) is 0. The van der Waals surface area contributed by atoms with Crippen molar-refractivity contribution in [3.8, 4) is 0 Å². The Kier molecular flexibility index (Phi) is 5.69. The average molecular weight is 298 g/mol. The highest BCUT2D eigenvalue weighted by molar-refractivity contribution is 6.07. The molecular formula is C13H22N4O4. The second-order valence-corrected chi connectivity index (χ2v) is 5.73. The number of carbonyl (C=O) groups is 4. The zero-order chi connectivity index (χ0) is 16.2. The van der Waals surface area contributed by atoms with Gasteiger partial charge in [0.25, 0.3) is 5.91 Å². The Labute approximate surface area is 123 Å². The van der Waals surface area contributed by atoms with E-state index in [2.05, 4.69) is 16.0 Å². The summed E-state index contributed by atoms with van der Waals surface area (Å²) in [6, 6.07) is -1.98. The van der Waals surface area contributed by atoms with Gasteiger partial charge in [0.15, 0.2) is 0 Å². The molecule has 1 atom stereocenters. The van der Waals surface area contributed by atoms with Crippen LogP contribution in [0.25, 0.3) is 0 Å². The normalized spacial score (nSPS) is 18.2. The molecule has 118 valence electrons. The Bertz CT molecular complexity index is 447. The standard InChI is InChI=1S/C13H22N4O4/c1-7(2)5-9-11(19)17(13(21)15-9)6-10(18)16-12(20)14-8(3)4/h7-9H,5-6H2,1-4H3,(H,15,21)(H2,14,16,18,20)/t9-/m0/s1. The molecule has 6 amide bonds. The maximum atomic E-state index is 12.0. The SMILES string of the molecule is CC(C)C[C@@H]1NC(=O)N(CC(=O)NC(=O)NC(C)C)C1=O. The van der Waals surface area contributed by atoms with Gasteiger partial charge in [-0.15, -0.1) is 0 Å². The number of urea groups is 2. The second-order valence-electron chi connectivity index (χ2n) is 5.73. The van der Waals surface area contributed by atoms with Crippen molar-refractivity contribution in [3.63, 3.8) is 0 Å². The van der Waals surface area contributed by atoms with Crippen LogP contribution in [0.5, 0.6) is 0 Å². The van der Waals surface area contributed by atoms with Crippen molar-refractivity contribution in [2.24, 2.45) is 5.92 Å². The molecule has 0 aromatic carbocycles. The fourth-order valence-electron chi connectivity index (χ4n) is 1.97. The molecule has 3 N–H and O–H groups in total. The number of hydrogen-bond acceptors (Lipinski definition) is 4. The van der Waals surface area contributed by atoms with Crippen LogP contribution in [-0.2, 0) is 9.59 Å². The van der Waals surface area contributed by atoms with E-state index < -0.39 is 36.5 Å². The van der Waals surface area contributed by atoms with Gasteiger partial charge in [-0.2, -0.15) is 0 Å². The van der Waals surface area contributed by atoms with E-state index >= 15 is 0 Å². The van der Waals surface area contributed by atoms with Gasteiger partial charge in [-0.3, -0.25) is 19.8 Å². The molecule has 1 fully saturated rings. The molecule has 8 nitrogen and oxygen atoms in total. The average Bonchev–Trinajstić information content (AvgIpc) is 2.54. The molecule has 21 heavy (non-hydrogen) atoms. The second kappa shape index (κ2) is 7.05. The summed E-state index contributed by atoms with van der Waals surface area (Å²) in [6.07, 6.45) is 0.510. The largest absolute Gasteiger partial charge is 0.336 e. The zero-order valence-electron chi connectivity index (χ0n) is 12.7. The van der Waals surface area contributed by atoms with Gasteiger partial charge in [0.1, 0.15) is 12.6 Å². The minimum atomic E-state index is -0.707. The minimum absolute atomic E-state index is 0.120. The lowest BCUT2D eigenvalue weighted by Crippen LogP contribution is -2.47. The molecule has 0 saturated carbocycles. The molecule has 8 heteroatoms. The Hall–Kier alpha value is -2.12. The van der Waals surface area contributed by atoms with Gasteiger partial charge < -0.3 is 10.6 Å². The Balaban J connectivity index is 2.54. The number of imide groups is 2. The molecule has 0 bridgehead atoms. The van der Waals surface area contributed by atoms with Gasteiger partial charge in [-0.05, 0) is 26.2 Å². The van der Waals surface area contributed by atoms with Crippen LogP contribution in [0.15, 0.2) is 0 Å². The lowest BCUT2D eigenvalue weighted by molar-refractivity contribution is -0.132. The molecule has 0 aliphatic carbocycles. The first-order chi connectivity index (χ1) is 9.70. The van der Waals surface area contributed by atoms with Gasteiger partial charge in [0.2, 0.25) is 5.91 Å². The number of rotatable bonds is 5. The smallest absolute Gasteiger partial charge is 0.325 e. The van der Waals surface area contributed by atoms with Gasteiger partial charge in [-0.1, -0.05) is 13.8 Å². The van der Waals surface area contributed by atoms with Crippen LogP contribution in [-0.4, -0.2) is 47.4 Å². The molecule has 0 spiro atoms. The summed E-state index contributed by atoms with van der Waals surface area (Å²) in [5, 5.41) is 7.09. The molecule has 0 aromatic rings. The first kappa shape index (κ1) is 16.9. The summed E-state index contributed by atoms with van der Waals surface area (Å²) in [4.78, 5) is 47.6. The summed E-state index contributed by atoms with van der Waals surface area (Å²) in [5.74, 6) is -0.903. The van der Waals surface area contributed by atoms with Crippen molar-refractivity contribution in [3.05, 3.63) is 0 Å². The highest BCUT2D eigenvalue weighted by Crippen LogP contribution is 2.13. The fraction of sp³-hybridized carbons (Fsp3) is 0.692. The monoisotopic (exact) mass is 298 g/mol. The molecule has 1 aliphatic heterocycles. The number of nitrogens with one attached hydrogen (secondary N) is 3. The maximum Gasteiger partial charge on any atom is 0.325 e. The van der Waals surface area contributed by atoms with E-state index in [1.54, 1.807) is 13.8 Å². The fourth-order valence-corrected chi connectivity index (χ4v) is 1.97. The number of hydrogen-bond donors (Lipinski definition) is 3. The molecule has 1 aliphatic rings. The zero-order valence-corrected chi connectivity index (χ0v) is 12.7. The van der Waals surface area contributed by atoms with Crippen molar-refractivity contribution in [2.75, 3.05) is 6.54 Å². The van der Waals surface area contributed by atoms with Crippen molar-refractivity contribution in [1.82, 2.24) is 20.9 Å². The van der Waals surface area contributed by atoms with Gasteiger partial charge in [-0.25, -0.2) is 9.59 Å². The lowest BCUT2D eigenvalue weighted by atomic mass is 10.0. The van der Waals surface area contributed by atoms with Gasteiger partial charge in [0.05, 0.1) is 0 Å². The van der Waals surface area contributed by atoms with E-state index in [1.165, 1.54) is 0 Å². The quantitative estimate of drug-likeness (QED) is 0.629. The Morgan fingerprint density at radius 2 is 1.86 bits per heavy atom. The van der Waals surface area contributed by atoms with Crippen molar-refractivity contribution >= 4 is 23.9 Å². The predicted octanol–water partition coefficient (Wildman–Crippen LogP) is 0.187. The molecule has 1 rings (SSSR count). The van der Waals surface area contributed by atoms with Crippen LogP contribution in [0.4, 0.5) is 9.59 Å². The highest BCUT2D eigenvalue weighted by atomic mass is 16.2. The number of amides is 6. The first-order valence-electron chi connectivity index (χ1n) is 6.93. The molecule has 1 heterocycles. The van der Waals surface area contributed by atoms with E-state index in [0.717, 1.165) is 4.90 Å². The first-order valence-corrected chi connectivity index (χ1v) is 6.93. The van der Waals surface area contributed by atoms with E-state index in [-0.39, 0.29) is 12.0 Å². The van der Waals surface area contributed by atoms with Crippen LogP contribution in [0, 0.1) is 5.92 Å². The highest BCUT2D eigenvalue weighted by Gasteiger charge is 2.39. The van der Waals surface area contributed by atoms with Crippen LogP contribution >= 0.6 is 0 Å².